The lowest BCUT2D eigenvalue weighted by Crippen LogP contribution is -2.37. The summed E-state index contributed by atoms with van der Waals surface area (Å²) in [5.74, 6) is 0. The molecule has 2 aliphatic rings. The summed E-state index contributed by atoms with van der Waals surface area (Å²) in [7, 11) is 0. The Labute approximate surface area is 113 Å². The summed E-state index contributed by atoms with van der Waals surface area (Å²) in [6.07, 6.45) is 3.39. The van der Waals surface area contributed by atoms with Crippen LogP contribution in [0.4, 0.5) is 4.79 Å². The van der Waals surface area contributed by atoms with Crippen molar-refractivity contribution >= 4 is 6.09 Å². The highest BCUT2D eigenvalue weighted by Crippen LogP contribution is 2.29. The van der Waals surface area contributed by atoms with Crippen LogP contribution in [0.5, 0.6) is 0 Å². The molecule has 1 saturated heterocycles. The van der Waals surface area contributed by atoms with Gasteiger partial charge in [0.1, 0.15) is 6.61 Å². The fraction of sp³-hybridized carbons (Fsp3) is 0.533. The first-order chi connectivity index (χ1) is 9.31. The second kappa shape index (κ2) is 5.61. The molecule has 19 heavy (non-hydrogen) atoms. The van der Waals surface area contributed by atoms with Crippen LogP contribution in [0.2, 0.25) is 0 Å². The number of rotatable bonds is 4. The van der Waals surface area contributed by atoms with Gasteiger partial charge < -0.3 is 10.1 Å². The van der Waals surface area contributed by atoms with Crippen molar-refractivity contribution in [3.05, 3.63) is 35.9 Å². The Hall–Kier alpha value is -1.55. The van der Waals surface area contributed by atoms with Crippen molar-refractivity contribution in [1.29, 1.82) is 0 Å². The molecule has 3 rings (SSSR count). The van der Waals surface area contributed by atoms with E-state index in [-0.39, 0.29) is 12.1 Å². The van der Waals surface area contributed by atoms with E-state index in [9.17, 15) is 4.79 Å². The van der Waals surface area contributed by atoms with Gasteiger partial charge in [-0.2, -0.15) is 0 Å². The van der Waals surface area contributed by atoms with Crippen LogP contribution in [-0.4, -0.2) is 36.2 Å². The summed E-state index contributed by atoms with van der Waals surface area (Å²) in [4.78, 5) is 14.2. The molecule has 2 fully saturated rings. The minimum Gasteiger partial charge on any atom is -0.445 e. The molecule has 1 aromatic carbocycles. The van der Waals surface area contributed by atoms with Crippen LogP contribution in [0.15, 0.2) is 30.3 Å². The van der Waals surface area contributed by atoms with Gasteiger partial charge in [-0.1, -0.05) is 30.3 Å². The zero-order valence-corrected chi connectivity index (χ0v) is 11.0. The largest absolute Gasteiger partial charge is 0.445 e. The molecule has 1 aliphatic carbocycles. The number of benzene rings is 1. The standard InChI is InChI=1S/C15H20N2O2/c18-15(19-11-12-4-2-1-3-5-12)16-13-8-9-17(10-13)14-6-7-14/h1-5,13-14H,6-11H2,(H,16,18)/t13-/m1/s1. The van der Waals surface area contributed by atoms with Crippen molar-refractivity contribution in [2.45, 2.75) is 38.0 Å². The molecule has 4 nitrogen and oxygen atoms in total. The zero-order valence-electron chi connectivity index (χ0n) is 11.0. The predicted octanol–water partition coefficient (Wildman–Crippen LogP) is 2.15. The van der Waals surface area contributed by atoms with Crippen molar-refractivity contribution < 1.29 is 9.53 Å². The van der Waals surface area contributed by atoms with E-state index in [0.29, 0.717) is 6.61 Å². The Morgan fingerprint density at radius 2 is 2.05 bits per heavy atom. The van der Waals surface area contributed by atoms with Crippen LogP contribution in [0.1, 0.15) is 24.8 Å². The van der Waals surface area contributed by atoms with E-state index in [0.717, 1.165) is 31.1 Å². The summed E-state index contributed by atoms with van der Waals surface area (Å²) < 4.78 is 5.23. The second-order valence-electron chi connectivity index (χ2n) is 5.42. The molecule has 1 N–H and O–H groups in total. The van der Waals surface area contributed by atoms with Gasteiger partial charge in [-0.05, 0) is 24.8 Å². The Morgan fingerprint density at radius 3 is 2.79 bits per heavy atom. The molecule has 0 radical (unpaired) electrons. The lowest BCUT2D eigenvalue weighted by atomic mass is 10.2. The van der Waals surface area contributed by atoms with Gasteiger partial charge in [0.2, 0.25) is 0 Å². The van der Waals surface area contributed by atoms with Gasteiger partial charge in [-0.3, -0.25) is 4.90 Å². The highest BCUT2D eigenvalue weighted by molar-refractivity contribution is 5.67. The highest BCUT2D eigenvalue weighted by atomic mass is 16.5. The van der Waals surface area contributed by atoms with E-state index in [2.05, 4.69) is 10.2 Å². The van der Waals surface area contributed by atoms with Crippen LogP contribution < -0.4 is 5.32 Å². The topological polar surface area (TPSA) is 41.6 Å². The smallest absolute Gasteiger partial charge is 0.407 e. The number of likely N-dealkylation sites (tertiary alicyclic amines) is 1. The molecule has 0 unspecified atom stereocenters. The first-order valence-corrected chi connectivity index (χ1v) is 7.02. The molecule has 4 heteroatoms. The summed E-state index contributed by atoms with van der Waals surface area (Å²) in [6, 6.07) is 10.8. The van der Waals surface area contributed by atoms with E-state index in [1.54, 1.807) is 0 Å². The summed E-state index contributed by atoms with van der Waals surface area (Å²) in [5.41, 5.74) is 1.02. The number of ether oxygens (including phenoxy) is 1. The molecule has 0 bridgehead atoms. The average Bonchev–Trinajstić information content (AvgIpc) is 3.19. The van der Waals surface area contributed by atoms with Gasteiger partial charge in [0.25, 0.3) is 0 Å². The van der Waals surface area contributed by atoms with Crippen molar-refractivity contribution in [2.24, 2.45) is 0 Å². The van der Waals surface area contributed by atoms with Crippen molar-refractivity contribution in [3.8, 4) is 0 Å². The predicted molar refractivity (Wildman–Crippen MR) is 72.8 cm³/mol. The van der Waals surface area contributed by atoms with Crippen molar-refractivity contribution in [2.75, 3.05) is 13.1 Å². The summed E-state index contributed by atoms with van der Waals surface area (Å²) >= 11 is 0. The Morgan fingerprint density at radius 1 is 1.26 bits per heavy atom. The molecule has 1 amide bonds. The number of nitrogens with zero attached hydrogens (tertiary/aromatic N) is 1. The third kappa shape index (κ3) is 3.47. The third-order valence-corrected chi connectivity index (χ3v) is 3.82. The SMILES string of the molecule is O=C(N[C@@H]1CCN(C2CC2)C1)OCc1ccccc1. The quantitative estimate of drug-likeness (QED) is 0.902. The fourth-order valence-corrected chi connectivity index (χ4v) is 2.61. The van der Waals surface area contributed by atoms with Gasteiger partial charge in [0.15, 0.2) is 0 Å². The Kier molecular flexibility index (Phi) is 3.69. The lowest BCUT2D eigenvalue weighted by molar-refractivity contribution is 0.135. The summed E-state index contributed by atoms with van der Waals surface area (Å²) in [5, 5.41) is 2.96. The minimum atomic E-state index is -0.300. The molecule has 0 aromatic heterocycles. The first-order valence-electron chi connectivity index (χ1n) is 7.02. The van der Waals surface area contributed by atoms with Gasteiger partial charge in [-0.25, -0.2) is 4.79 Å². The van der Waals surface area contributed by atoms with Crippen LogP contribution in [0.3, 0.4) is 0 Å². The fourth-order valence-electron chi connectivity index (χ4n) is 2.61. The normalized spacial score (nSPS) is 23.3. The van der Waals surface area contributed by atoms with Crippen LogP contribution in [0, 0.1) is 0 Å². The molecule has 1 heterocycles. The second-order valence-corrected chi connectivity index (χ2v) is 5.42. The lowest BCUT2D eigenvalue weighted by Gasteiger charge is -2.15. The zero-order chi connectivity index (χ0) is 13.1. The number of amides is 1. The van der Waals surface area contributed by atoms with Gasteiger partial charge in [-0.15, -0.1) is 0 Å². The number of alkyl carbamates (subject to hydrolysis) is 1. The first kappa shape index (κ1) is 12.5. The molecule has 1 aliphatic heterocycles. The molecular weight excluding hydrogens is 240 g/mol. The molecule has 102 valence electrons. The van der Waals surface area contributed by atoms with Crippen molar-refractivity contribution in [3.63, 3.8) is 0 Å². The molecule has 1 atom stereocenters. The van der Waals surface area contributed by atoms with E-state index >= 15 is 0 Å². The number of carbonyl (C=O) groups is 1. The molecule has 1 aromatic rings. The van der Waals surface area contributed by atoms with Crippen LogP contribution >= 0.6 is 0 Å². The van der Waals surface area contributed by atoms with E-state index in [1.807, 2.05) is 30.3 Å². The summed E-state index contributed by atoms with van der Waals surface area (Å²) in [6.45, 7) is 2.42. The maximum Gasteiger partial charge on any atom is 0.407 e. The van der Waals surface area contributed by atoms with Crippen molar-refractivity contribution in [1.82, 2.24) is 10.2 Å². The van der Waals surface area contributed by atoms with E-state index in [4.69, 9.17) is 4.74 Å². The highest BCUT2D eigenvalue weighted by Gasteiger charge is 2.34. The monoisotopic (exact) mass is 260 g/mol. The van der Waals surface area contributed by atoms with E-state index < -0.39 is 0 Å². The molecule has 1 saturated carbocycles. The number of nitrogens with one attached hydrogen (secondary N) is 1. The maximum absolute atomic E-state index is 11.7. The number of carbonyl (C=O) groups excluding carboxylic acids is 1. The number of hydrogen-bond acceptors (Lipinski definition) is 3. The minimum absolute atomic E-state index is 0.254. The number of hydrogen-bond donors (Lipinski definition) is 1. The van der Waals surface area contributed by atoms with Crippen LogP contribution in [-0.2, 0) is 11.3 Å². The van der Waals surface area contributed by atoms with E-state index in [1.165, 1.54) is 12.8 Å². The maximum atomic E-state index is 11.7. The van der Waals surface area contributed by atoms with Crippen LogP contribution in [0.25, 0.3) is 0 Å². The molecular formula is C15H20N2O2. The Balaban J connectivity index is 1.39. The Bertz CT molecular complexity index is 431. The molecule has 0 spiro atoms. The van der Waals surface area contributed by atoms with Gasteiger partial charge in [0, 0.05) is 25.2 Å². The average molecular weight is 260 g/mol. The third-order valence-electron chi connectivity index (χ3n) is 3.82. The van der Waals surface area contributed by atoms with Gasteiger partial charge in [0.05, 0.1) is 0 Å². The van der Waals surface area contributed by atoms with Gasteiger partial charge >= 0.3 is 6.09 Å².